The van der Waals surface area contributed by atoms with Gasteiger partial charge in [-0.25, -0.2) is 0 Å². The van der Waals surface area contributed by atoms with Gasteiger partial charge in [0.05, 0.1) is 19.8 Å². The summed E-state index contributed by atoms with van der Waals surface area (Å²) < 4.78 is 11.9. The van der Waals surface area contributed by atoms with Crippen molar-refractivity contribution in [1.82, 2.24) is 15.1 Å². The van der Waals surface area contributed by atoms with Crippen LogP contribution in [-0.2, 0) is 16.6 Å². The van der Waals surface area contributed by atoms with Gasteiger partial charge < -0.3 is 24.6 Å². The van der Waals surface area contributed by atoms with Crippen LogP contribution in [0.3, 0.4) is 0 Å². The zero-order valence-corrected chi connectivity index (χ0v) is 21.7. The van der Waals surface area contributed by atoms with Crippen molar-refractivity contribution in [2.75, 3.05) is 52.5 Å². The van der Waals surface area contributed by atoms with Gasteiger partial charge in [0.1, 0.15) is 18.2 Å². The molecule has 3 aliphatic heterocycles. The molecular formula is C30H36ClN3O2. The van der Waals surface area contributed by atoms with E-state index in [0.717, 1.165) is 63.1 Å². The Morgan fingerprint density at radius 3 is 2.69 bits per heavy atom. The second kappa shape index (κ2) is 10.5. The molecule has 1 saturated heterocycles. The van der Waals surface area contributed by atoms with E-state index >= 15 is 0 Å². The minimum Gasteiger partial charge on any atom is -0.492 e. The fraction of sp³-hybridized carbons (Fsp3) is 0.467. The van der Waals surface area contributed by atoms with Crippen molar-refractivity contribution < 1.29 is 9.47 Å². The van der Waals surface area contributed by atoms with E-state index in [-0.39, 0.29) is 5.41 Å². The lowest BCUT2D eigenvalue weighted by Gasteiger charge is -2.50. The first-order valence-electron chi connectivity index (χ1n) is 13.4. The largest absolute Gasteiger partial charge is 0.492 e. The molecule has 190 valence electrons. The summed E-state index contributed by atoms with van der Waals surface area (Å²) in [7, 11) is 0. The summed E-state index contributed by atoms with van der Waals surface area (Å²) in [4.78, 5) is 4.84. The zero-order chi connectivity index (χ0) is 24.4. The third-order valence-corrected chi connectivity index (χ3v) is 8.64. The zero-order valence-electron chi connectivity index (χ0n) is 20.9. The van der Waals surface area contributed by atoms with Crippen molar-refractivity contribution in [3.8, 4) is 5.75 Å². The van der Waals surface area contributed by atoms with Crippen LogP contribution in [0.1, 0.15) is 42.0 Å². The summed E-state index contributed by atoms with van der Waals surface area (Å²) in [5.74, 6) is 2.26. The molecule has 2 fully saturated rings. The molecule has 0 aromatic heterocycles. The van der Waals surface area contributed by atoms with Gasteiger partial charge in [0.2, 0.25) is 0 Å². The molecule has 4 aliphatic rings. The Morgan fingerprint density at radius 2 is 1.92 bits per heavy atom. The molecule has 3 heterocycles. The Hall–Kier alpha value is -2.47. The number of hydrogen-bond donors (Lipinski definition) is 1. The van der Waals surface area contributed by atoms with Crippen molar-refractivity contribution in [3.63, 3.8) is 0 Å². The fourth-order valence-electron chi connectivity index (χ4n) is 6.32. The van der Waals surface area contributed by atoms with E-state index in [1.165, 1.54) is 41.8 Å². The first-order chi connectivity index (χ1) is 17.7. The summed E-state index contributed by atoms with van der Waals surface area (Å²) in [5.41, 5.74) is 4.39. The van der Waals surface area contributed by atoms with Gasteiger partial charge in [0, 0.05) is 36.1 Å². The van der Waals surface area contributed by atoms with Crippen LogP contribution < -0.4 is 10.1 Å². The highest BCUT2D eigenvalue weighted by molar-refractivity contribution is 6.30. The number of allylic oxidation sites excluding steroid dienone is 2. The van der Waals surface area contributed by atoms with Crippen LogP contribution in [0.15, 0.2) is 66.5 Å². The van der Waals surface area contributed by atoms with Gasteiger partial charge >= 0.3 is 0 Å². The summed E-state index contributed by atoms with van der Waals surface area (Å²) in [6.45, 7) is 6.96. The lowest BCUT2D eigenvalue weighted by Crippen LogP contribution is -2.49. The molecule has 6 rings (SSSR count). The van der Waals surface area contributed by atoms with E-state index in [1.807, 2.05) is 12.1 Å². The molecule has 1 N–H and O–H groups in total. The van der Waals surface area contributed by atoms with E-state index in [9.17, 15) is 0 Å². The molecule has 1 saturated carbocycles. The highest BCUT2D eigenvalue weighted by Gasteiger charge is 2.47. The Morgan fingerprint density at radius 1 is 1.08 bits per heavy atom. The number of hydrogen-bond acceptors (Lipinski definition) is 5. The number of halogens is 1. The van der Waals surface area contributed by atoms with Gasteiger partial charge in [-0.1, -0.05) is 48.4 Å². The van der Waals surface area contributed by atoms with Crippen LogP contribution in [0.5, 0.6) is 5.75 Å². The first-order valence-corrected chi connectivity index (χ1v) is 13.8. The lowest BCUT2D eigenvalue weighted by atomic mass is 9.58. The molecule has 0 bridgehead atoms. The summed E-state index contributed by atoms with van der Waals surface area (Å²) in [6.07, 6.45) is 11.3. The lowest BCUT2D eigenvalue weighted by molar-refractivity contribution is 0.0370. The molecule has 0 amide bonds. The van der Waals surface area contributed by atoms with Crippen molar-refractivity contribution in [2.24, 2.45) is 0 Å². The average molecular weight is 506 g/mol. The maximum Gasteiger partial charge on any atom is 0.119 e. The SMILES string of the molecule is Clc1ccc(C2(C3NCCc4ccc(OCCN5CC=CC=C5N5CCOCC5)cc43)CCC2)cc1. The number of fused-ring (bicyclic) bond motifs is 1. The normalized spacial score (nSPS) is 23.0. The highest BCUT2D eigenvalue weighted by Crippen LogP contribution is 2.53. The van der Waals surface area contributed by atoms with E-state index < -0.39 is 0 Å². The van der Waals surface area contributed by atoms with Crippen molar-refractivity contribution in [1.29, 1.82) is 0 Å². The van der Waals surface area contributed by atoms with E-state index in [4.69, 9.17) is 21.1 Å². The first kappa shape index (κ1) is 23.9. The Balaban J connectivity index is 1.16. The van der Waals surface area contributed by atoms with Crippen LogP contribution >= 0.6 is 11.6 Å². The third-order valence-electron chi connectivity index (χ3n) is 8.38. The van der Waals surface area contributed by atoms with Crippen LogP contribution in [0.4, 0.5) is 0 Å². The number of nitrogens with zero attached hydrogens (tertiary/aromatic N) is 2. The smallest absolute Gasteiger partial charge is 0.119 e. The van der Waals surface area contributed by atoms with Gasteiger partial charge in [-0.15, -0.1) is 0 Å². The molecule has 1 atom stereocenters. The van der Waals surface area contributed by atoms with Gasteiger partial charge in [-0.05, 0) is 72.8 Å². The van der Waals surface area contributed by atoms with Crippen molar-refractivity contribution in [3.05, 3.63) is 88.2 Å². The monoisotopic (exact) mass is 505 g/mol. The summed E-state index contributed by atoms with van der Waals surface area (Å²) >= 11 is 6.22. The maximum atomic E-state index is 6.36. The molecule has 2 aromatic carbocycles. The van der Waals surface area contributed by atoms with Crippen LogP contribution in [-0.4, -0.2) is 62.3 Å². The molecular weight excluding hydrogens is 470 g/mol. The Labute approximate surface area is 219 Å². The number of nitrogens with one attached hydrogen (secondary N) is 1. The molecule has 2 aromatic rings. The molecule has 1 aliphatic carbocycles. The Kier molecular flexibility index (Phi) is 6.96. The average Bonchev–Trinajstić information content (AvgIpc) is 2.90. The molecule has 1 unspecified atom stereocenters. The van der Waals surface area contributed by atoms with Crippen molar-refractivity contribution in [2.45, 2.75) is 37.1 Å². The van der Waals surface area contributed by atoms with Gasteiger partial charge in [0.15, 0.2) is 0 Å². The molecule has 6 heteroatoms. The number of rotatable bonds is 7. The van der Waals surface area contributed by atoms with Crippen LogP contribution in [0, 0.1) is 0 Å². The molecule has 36 heavy (non-hydrogen) atoms. The second-order valence-corrected chi connectivity index (χ2v) is 10.8. The molecule has 0 radical (unpaired) electrons. The third kappa shape index (κ3) is 4.65. The minimum atomic E-state index is 0.135. The maximum absolute atomic E-state index is 6.36. The summed E-state index contributed by atoms with van der Waals surface area (Å²) in [5, 5.41) is 4.68. The molecule has 0 spiro atoms. The topological polar surface area (TPSA) is 37.0 Å². The van der Waals surface area contributed by atoms with E-state index in [0.29, 0.717) is 12.6 Å². The number of morpholine rings is 1. The van der Waals surface area contributed by atoms with Crippen molar-refractivity contribution >= 4 is 11.6 Å². The predicted octanol–water partition coefficient (Wildman–Crippen LogP) is 5.07. The van der Waals surface area contributed by atoms with Gasteiger partial charge in [-0.2, -0.15) is 0 Å². The van der Waals surface area contributed by atoms with Crippen LogP contribution in [0.25, 0.3) is 0 Å². The molecule has 5 nitrogen and oxygen atoms in total. The fourth-order valence-corrected chi connectivity index (χ4v) is 6.44. The highest BCUT2D eigenvalue weighted by atomic mass is 35.5. The van der Waals surface area contributed by atoms with Gasteiger partial charge in [0.25, 0.3) is 0 Å². The minimum absolute atomic E-state index is 0.135. The van der Waals surface area contributed by atoms with Crippen LogP contribution in [0.2, 0.25) is 5.02 Å². The number of benzene rings is 2. The van der Waals surface area contributed by atoms with Gasteiger partial charge in [-0.3, -0.25) is 0 Å². The standard InChI is InChI=1S/C30H36ClN3O2/c31-25-8-6-24(7-9-25)30(12-3-13-30)29-27-22-26(10-5-23(27)11-14-32-29)36-21-18-33-15-2-1-4-28(33)34-16-19-35-20-17-34/h1-2,4-10,22,29,32H,3,11-21H2. The summed E-state index contributed by atoms with van der Waals surface area (Å²) in [6, 6.07) is 15.6. The van der Waals surface area contributed by atoms with E-state index in [1.54, 1.807) is 0 Å². The van der Waals surface area contributed by atoms with E-state index in [2.05, 4.69) is 63.7 Å². The Bertz CT molecular complexity index is 1120. The quantitative estimate of drug-likeness (QED) is 0.568. The predicted molar refractivity (Wildman–Crippen MR) is 145 cm³/mol. The second-order valence-electron chi connectivity index (χ2n) is 10.4. The number of ether oxygens (including phenoxy) is 2.